The van der Waals surface area contributed by atoms with Crippen LogP contribution in [0.2, 0.25) is 64.5 Å². The summed E-state index contributed by atoms with van der Waals surface area (Å²) in [6.45, 7) is 23.8. The minimum absolute atomic E-state index is 0.0211. The molecule has 0 aliphatic heterocycles. The van der Waals surface area contributed by atoms with Gasteiger partial charge in [-0.25, -0.2) is 0 Å². The molecule has 0 radical (unpaired) electrons. The maximum Gasteiger partial charge on any atom is 0.295 e. The number of rotatable bonds is 7. The average molecular weight is 349 g/mol. The third kappa shape index (κ3) is 8.33. The molecule has 2 atom stereocenters. The van der Waals surface area contributed by atoms with Crippen LogP contribution in [0.4, 0.5) is 0 Å². The first-order chi connectivity index (χ1) is 9.04. The number of hydrogen-bond acceptors (Lipinski definition) is 3. The Kier molecular flexibility index (Phi) is 7.13. The van der Waals surface area contributed by atoms with Crippen molar-refractivity contribution in [1.29, 1.82) is 0 Å². The van der Waals surface area contributed by atoms with Crippen molar-refractivity contribution in [3.63, 3.8) is 0 Å². The maximum absolute atomic E-state index is 12.8. The fourth-order valence-electron chi connectivity index (χ4n) is 2.34. The highest BCUT2D eigenvalue weighted by Crippen LogP contribution is 2.35. The van der Waals surface area contributed by atoms with E-state index in [0.717, 1.165) is 0 Å². The Labute approximate surface area is 135 Å². The monoisotopic (exact) mass is 348 g/mol. The van der Waals surface area contributed by atoms with Gasteiger partial charge in [0.05, 0.1) is 19.7 Å². The lowest BCUT2D eigenvalue weighted by molar-refractivity contribution is -0.137. The zero-order valence-electron chi connectivity index (χ0n) is 16.0. The lowest BCUT2D eigenvalue weighted by Gasteiger charge is -2.40. The van der Waals surface area contributed by atoms with Crippen LogP contribution in [-0.4, -0.2) is 36.8 Å². The van der Waals surface area contributed by atoms with E-state index < -0.39 is 24.7 Å². The van der Waals surface area contributed by atoms with E-state index in [4.69, 9.17) is 8.85 Å². The van der Waals surface area contributed by atoms with E-state index in [1.54, 1.807) is 0 Å². The van der Waals surface area contributed by atoms with Crippen molar-refractivity contribution in [2.24, 2.45) is 5.92 Å². The van der Waals surface area contributed by atoms with Crippen LogP contribution in [0, 0.1) is 5.92 Å². The molecule has 0 heterocycles. The van der Waals surface area contributed by atoms with Crippen molar-refractivity contribution in [2.75, 3.05) is 0 Å². The summed E-state index contributed by atoms with van der Waals surface area (Å²) in [6, 6.07) is 0. The van der Waals surface area contributed by atoms with Gasteiger partial charge < -0.3 is 8.85 Å². The van der Waals surface area contributed by atoms with E-state index in [2.05, 4.69) is 72.8 Å². The molecule has 0 aliphatic rings. The quantitative estimate of drug-likeness (QED) is 0.611. The number of hydrogen-bond donors (Lipinski definition) is 0. The normalized spacial score (nSPS) is 16.8. The molecular weight excluding hydrogens is 312 g/mol. The average Bonchev–Trinajstić information content (AvgIpc) is 2.08. The molecule has 6 heteroatoms. The summed E-state index contributed by atoms with van der Waals surface area (Å²) in [7, 11) is -5.31. The van der Waals surface area contributed by atoms with Crippen LogP contribution in [0.15, 0.2) is 0 Å². The second-order valence-electron chi connectivity index (χ2n) is 9.32. The van der Waals surface area contributed by atoms with Gasteiger partial charge in [-0.05, 0) is 45.2 Å². The Bertz CT molecular complexity index is 349. The Morgan fingerprint density at radius 1 is 0.810 bits per heavy atom. The summed E-state index contributed by atoms with van der Waals surface area (Å²) in [5.41, 5.74) is -0.0871. The fourth-order valence-corrected chi connectivity index (χ4v) is 6.76. The Balaban J connectivity index is 5.51. The van der Waals surface area contributed by atoms with E-state index >= 15 is 0 Å². The summed E-state index contributed by atoms with van der Waals surface area (Å²) in [6.07, 6.45) is -0.0211. The minimum atomic E-state index is -1.87. The van der Waals surface area contributed by atoms with Gasteiger partial charge in [0.1, 0.15) is 0 Å². The zero-order chi connectivity index (χ0) is 17.2. The van der Waals surface area contributed by atoms with Crippen molar-refractivity contribution in [3.8, 4) is 0 Å². The molecule has 0 fully saturated rings. The van der Waals surface area contributed by atoms with E-state index in [-0.39, 0.29) is 17.6 Å². The molecule has 0 aliphatic carbocycles. The molecule has 0 aromatic heterocycles. The van der Waals surface area contributed by atoms with Crippen molar-refractivity contribution in [2.45, 2.75) is 84.4 Å². The smallest absolute Gasteiger partial charge is 0.295 e. The molecule has 0 unspecified atom stereocenters. The summed E-state index contributed by atoms with van der Waals surface area (Å²) < 4.78 is 12.3. The second-order valence-corrected chi connectivity index (χ2v) is 23.6. The lowest BCUT2D eigenvalue weighted by atomic mass is 10.0. The van der Waals surface area contributed by atoms with Crippen LogP contribution in [-0.2, 0) is 13.6 Å². The van der Waals surface area contributed by atoms with E-state index in [1.807, 2.05) is 0 Å². The standard InChI is InChI=1S/C15H36O3Si3/c1-12(2)13(17-20(6,7)8)14(19(3,4)5)15(16)18-21(9,10)11/h12-14H,1-11H3/t13-,14+/m1/s1. The highest BCUT2D eigenvalue weighted by molar-refractivity contribution is 6.81. The molecule has 0 aromatic carbocycles. The van der Waals surface area contributed by atoms with Crippen molar-refractivity contribution in [1.82, 2.24) is 0 Å². The molecule has 0 spiro atoms. The molecule has 0 saturated heterocycles. The van der Waals surface area contributed by atoms with Gasteiger partial charge in [0.25, 0.3) is 5.97 Å². The first kappa shape index (κ1) is 21.1. The van der Waals surface area contributed by atoms with E-state index in [1.165, 1.54) is 0 Å². The summed E-state index contributed by atoms with van der Waals surface area (Å²) in [4.78, 5) is 12.8. The van der Waals surface area contributed by atoms with Crippen LogP contribution in [0.3, 0.4) is 0 Å². The van der Waals surface area contributed by atoms with Crippen LogP contribution in [0.5, 0.6) is 0 Å². The Morgan fingerprint density at radius 3 is 1.48 bits per heavy atom. The topological polar surface area (TPSA) is 35.5 Å². The molecule has 0 bridgehead atoms. The third-order valence-corrected chi connectivity index (χ3v) is 7.29. The second kappa shape index (κ2) is 7.10. The zero-order valence-corrected chi connectivity index (χ0v) is 19.0. The van der Waals surface area contributed by atoms with Gasteiger partial charge in [0.15, 0.2) is 8.32 Å². The highest BCUT2D eigenvalue weighted by Gasteiger charge is 2.44. The molecule has 0 rings (SSSR count). The molecule has 21 heavy (non-hydrogen) atoms. The highest BCUT2D eigenvalue weighted by atomic mass is 28.4. The van der Waals surface area contributed by atoms with Crippen molar-refractivity contribution in [3.05, 3.63) is 0 Å². The predicted molar refractivity (Wildman–Crippen MR) is 99.6 cm³/mol. The fraction of sp³-hybridized carbons (Fsp3) is 0.933. The van der Waals surface area contributed by atoms with Gasteiger partial charge in [-0.1, -0.05) is 33.5 Å². The van der Waals surface area contributed by atoms with Crippen LogP contribution < -0.4 is 0 Å². The van der Waals surface area contributed by atoms with Crippen LogP contribution in [0.25, 0.3) is 0 Å². The molecule has 3 nitrogen and oxygen atoms in total. The van der Waals surface area contributed by atoms with E-state index in [9.17, 15) is 4.79 Å². The minimum Gasteiger partial charge on any atom is -0.520 e. The summed E-state index contributed by atoms with van der Waals surface area (Å²) in [5.74, 6) is 0.299. The number of carbonyl (C=O) groups excluding carboxylic acids is 1. The predicted octanol–water partition coefficient (Wildman–Crippen LogP) is 4.95. The molecule has 0 amide bonds. The van der Waals surface area contributed by atoms with Gasteiger partial charge in [-0.15, -0.1) is 0 Å². The van der Waals surface area contributed by atoms with E-state index in [0.29, 0.717) is 5.92 Å². The summed E-state index contributed by atoms with van der Waals surface area (Å²) >= 11 is 0. The molecule has 0 saturated carbocycles. The van der Waals surface area contributed by atoms with Crippen molar-refractivity contribution >= 4 is 30.7 Å². The molecule has 0 aromatic rings. The van der Waals surface area contributed by atoms with Gasteiger partial charge in [0, 0.05) is 0 Å². The molecular formula is C15H36O3Si3. The first-order valence-electron chi connectivity index (χ1n) is 7.95. The first-order valence-corrected chi connectivity index (χ1v) is 18.3. The number of carbonyl (C=O) groups is 1. The van der Waals surface area contributed by atoms with Gasteiger partial charge in [0.2, 0.25) is 8.32 Å². The lowest BCUT2D eigenvalue weighted by Crippen LogP contribution is -2.50. The van der Waals surface area contributed by atoms with Gasteiger partial charge in [-0.3, -0.25) is 4.79 Å². The third-order valence-electron chi connectivity index (χ3n) is 3.07. The van der Waals surface area contributed by atoms with Gasteiger partial charge in [-0.2, -0.15) is 0 Å². The van der Waals surface area contributed by atoms with Crippen LogP contribution >= 0.6 is 0 Å². The van der Waals surface area contributed by atoms with Crippen LogP contribution in [0.1, 0.15) is 13.8 Å². The summed E-state index contributed by atoms with van der Waals surface area (Å²) in [5, 5.41) is 0. The SMILES string of the molecule is CC(C)[C@@H](O[Si](C)(C)C)[C@@H](C(=O)O[Si](C)(C)C)[Si](C)(C)C. The largest absolute Gasteiger partial charge is 0.520 e. The molecule has 126 valence electrons. The van der Waals surface area contributed by atoms with Crippen molar-refractivity contribution < 1.29 is 13.6 Å². The Morgan fingerprint density at radius 2 is 1.24 bits per heavy atom. The maximum atomic E-state index is 12.8. The molecule has 0 N–H and O–H groups in total. The van der Waals surface area contributed by atoms with Gasteiger partial charge >= 0.3 is 0 Å². The Hall–Kier alpha value is 0.0806.